The number of ether oxygens (including phenoxy) is 2. The van der Waals surface area contributed by atoms with E-state index >= 15 is 0 Å². The van der Waals surface area contributed by atoms with Gasteiger partial charge >= 0.3 is 5.97 Å². The molecule has 0 aromatic heterocycles. The fraction of sp³-hybridized carbons (Fsp3) is 0.0435. The summed E-state index contributed by atoms with van der Waals surface area (Å²) < 4.78 is 10.9. The van der Waals surface area contributed by atoms with E-state index in [2.05, 4.69) is 4.99 Å². The van der Waals surface area contributed by atoms with Gasteiger partial charge in [-0.25, -0.2) is 9.79 Å². The van der Waals surface area contributed by atoms with Crippen LogP contribution in [-0.2, 0) is 16.1 Å². The van der Waals surface area contributed by atoms with E-state index in [1.165, 1.54) is 18.2 Å². The Hall–Kier alpha value is -3.97. The monoisotopic (exact) mass is 434 g/mol. The SMILES string of the molecule is O=C1OC(c2ccc(Cl)c([N+](=O)[O-])c2)=NC1=Cc1ccc(OCc2ccccc2)cc1. The topological polar surface area (TPSA) is 91.0 Å². The fourth-order valence-electron chi connectivity index (χ4n) is 2.88. The van der Waals surface area contributed by atoms with Gasteiger partial charge in [-0.05, 0) is 41.5 Å². The molecule has 0 radical (unpaired) electrons. The van der Waals surface area contributed by atoms with Crippen LogP contribution in [0.1, 0.15) is 16.7 Å². The number of nitrogens with zero attached hydrogens (tertiary/aromatic N) is 2. The zero-order valence-corrected chi connectivity index (χ0v) is 16.8. The molecule has 0 fully saturated rings. The molecule has 8 heteroatoms. The van der Waals surface area contributed by atoms with E-state index in [1.54, 1.807) is 30.3 Å². The Bertz CT molecular complexity index is 1200. The van der Waals surface area contributed by atoms with Crippen molar-refractivity contribution < 1.29 is 19.2 Å². The molecule has 0 aliphatic carbocycles. The predicted molar refractivity (Wildman–Crippen MR) is 116 cm³/mol. The summed E-state index contributed by atoms with van der Waals surface area (Å²) >= 11 is 5.82. The molecular formula is C23H15ClN2O5. The van der Waals surface area contributed by atoms with Crippen LogP contribution in [0.5, 0.6) is 5.75 Å². The molecule has 1 aliphatic heterocycles. The normalized spacial score (nSPS) is 14.3. The lowest BCUT2D eigenvalue weighted by atomic mass is 10.2. The second-order valence-corrected chi connectivity index (χ2v) is 7.01. The minimum atomic E-state index is -0.642. The minimum absolute atomic E-state index is 0.0102. The van der Waals surface area contributed by atoms with Gasteiger partial charge in [-0.1, -0.05) is 54.1 Å². The van der Waals surface area contributed by atoms with Gasteiger partial charge in [0, 0.05) is 11.6 Å². The maximum absolute atomic E-state index is 12.2. The Morgan fingerprint density at radius 2 is 1.81 bits per heavy atom. The Morgan fingerprint density at radius 3 is 2.52 bits per heavy atom. The zero-order chi connectivity index (χ0) is 21.8. The summed E-state index contributed by atoms with van der Waals surface area (Å²) in [5.41, 5.74) is 1.88. The highest BCUT2D eigenvalue weighted by atomic mass is 35.5. The van der Waals surface area contributed by atoms with Gasteiger partial charge in [0.1, 0.15) is 17.4 Å². The molecule has 0 saturated heterocycles. The summed E-state index contributed by atoms with van der Waals surface area (Å²) in [5.74, 6) is 0.0357. The lowest BCUT2D eigenvalue weighted by molar-refractivity contribution is -0.384. The van der Waals surface area contributed by atoms with Crippen LogP contribution in [0, 0.1) is 10.1 Å². The first kappa shape index (κ1) is 20.3. The molecular weight excluding hydrogens is 420 g/mol. The van der Waals surface area contributed by atoms with Gasteiger partial charge in [0.25, 0.3) is 5.69 Å². The highest BCUT2D eigenvalue weighted by Gasteiger charge is 2.26. The number of carbonyl (C=O) groups is 1. The summed E-state index contributed by atoms with van der Waals surface area (Å²) in [6.07, 6.45) is 1.57. The molecule has 0 saturated carbocycles. The van der Waals surface area contributed by atoms with Crippen molar-refractivity contribution >= 4 is 35.2 Å². The summed E-state index contributed by atoms with van der Waals surface area (Å²) in [7, 11) is 0. The lowest BCUT2D eigenvalue weighted by Crippen LogP contribution is -2.06. The third-order valence-electron chi connectivity index (χ3n) is 4.44. The second-order valence-electron chi connectivity index (χ2n) is 6.60. The quantitative estimate of drug-likeness (QED) is 0.231. The number of aliphatic imine (C=N–C) groups is 1. The van der Waals surface area contributed by atoms with Crippen LogP contribution in [0.4, 0.5) is 5.69 Å². The number of hydrogen-bond donors (Lipinski definition) is 0. The molecule has 0 amide bonds. The highest BCUT2D eigenvalue weighted by Crippen LogP contribution is 2.27. The minimum Gasteiger partial charge on any atom is -0.489 e. The van der Waals surface area contributed by atoms with Crippen molar-refractivity contribution in [3.05, 3.63) is 110 Å². The van der Waals surface area contributed by atoms with Crippen LogP contribution in [0.15, 0.2) is 83.5 Å². The molecule has 3 aromatic carbocycles. The molecule has 1 heterocycles. The molecule has 7 nitrogen and oxygen atoms in total. The van der Waals surface area contributed by atoms with E-state index in [4.69, 9.17) is 21.1 Å². The first-order valence-electron chi connectivity index (χ1n) is 9.23. The van der Waals surface area contributed by atoms with Crippen molar-refractivity contribution in [1.82, 2.24) is 0 Å². The molecule has 0 N–H and O–H groups in total. The first-order valence-corrected chi connectivity index (χ1v) is 9.61. The van der Waals surface area contributed by atoms with Crippen LogP contribution >= 0.6 is 11.6 Å². The molecule has 4 rings (SSSR count). The average Bonchev–Trinajstić information content (AvgIpc) is 3.14. The van der Waals surface area contributed by atoms with E-state index in [9.17, 15) is 14.9 Å². The Kier molecular flexibility index (Phi) is 5.77. The Labute approximate surface area is 182 Å². The molecule has 3 aromatic rings. The molecule has 0 bridgehead atoms. The van der Waals surface area contributed by atoms with Crippen molar-refractivity contribution in [3.63, 3.8) is 0 Å². The molecule has 0 spiro atoms. The summed E-state index contributed by atoms with van der Waals surface area (Å²) in [5, 5.41) is 11.1. The van der Waals surface area contributed by atoms with E-state index in [0.717, 1.165) is 11.1 Å². The number of hydrogen-bond acceptors (Lipinski definition) is 6. The lowest BCUT2D eigenvalue weighted by Gasteiger charge is -2.06. The fourth-order valence-corrected chi connectivity index (χ4v) is 3.06. The maximum Gasteiger partial charge on any atom is 0.363 e. The smallest absolute Gasteiger partial charge is 0.363 e. The van der Waals surface area contributed by atoms with Crippen LogP contribution < -0.4 is 4.74 Å². The molecule has 1 aliphatic rings. The number of carbonyl (C=O) groups excluding carboxylic acids is 1. The van der Waals surface area contributed by atoms with Crippen molar-refractivity contribution in [2.45, 2.75) is 6.61 Å². The predicted octanol–water partition coefficient (Wildman–Crippen LogP) is 5.17. The maximum atomic E-state index is 12.2. The molecule has 31 heavy (non-hydrogen) atoms. The summed E-state index contributed by atoms with van der Waals surface area (Å²) in [6, 6.07) is 21.1. The standard InChI is InChI=1S/C23H15ClN2O5/c24-19-11-8-17(13-21(19)26(28)29)22-25-20(23(27)31-22)12-15-6-9-18(10-7-15)30-14-16-4-2-1-3-5-16/h1-13H,14H2. The largest absolute Gasteiger partial charge is 0.489 e. The zero-order valence-electron chi connectivity index (χ0n) is 16.0. The van der Waals surface area contributed by atoms with Crippen molar-refractivity contribution in [2.75, 3.05) is 0 Å². The average molecular weight is 435 g/mol. The Balaban J connectivity index is 1.49. The van der Waals surface area contributed by atoms with Crippen LogP contribution in [0.2, 0.25) is 5.02 Å². The number of benzene rings is 3. The number of cyclic esters (lactones) is 1. The third-order valence-corrected chi connectivity index (χ3v) is 4.76. The van der Waals surface area contributed by atoms with Gasteiger partial charge in [0.2, 0.25) is 5.90 Å². The number of esters is 1. The van der Waals surface area contributed by atoms with Gasteiger partial charge in [0.15, 0.2) is 5.70 Å². The third kappa shape index (κ3) is 4.79. The van der Waals surface area contributed by atoms with E-state index in [-0.39, 0.29) is 27.9 Å². The number of rotatable bonds is 6. The van der Waals surface area contributed by atoms with Gasteiger partial charge in [-0.2, -0.15) is 0 Å². The van der Waals surface area contributed by atoms with Crippen LogP contribution in [0.25, 0.3) is 6.08 Å². The van der Waals surface area contributed by atoms with Gasteiger partial charge in [-0.15, -0.1) is 0 Å². The van der Waals surface area contributed by atoms with E-state index in [0.29, 0.717) is 12.4 Å². The van der Waals surface area contributed by atoms with Crippen molar-refractivity contribution in [3.8, 4) is 5.75 Å². The van der Waals surface area contributed by atoms with Crippen LogP contribution in [0.3, 0.4) is 0 Å². The first-order chi connectivity index (χ1) is 15.0. The highest BCUT2D eigenvalue weighted by molar-refractivity contribution is 6.32. The van der Waals surface area contributed by atoms with Gasteiger partial charge in [0.05, 0.1) is 4.92 Å². The summed E-state index contributed by atoms with van der Waals surface area (Å²) in [6.45, 7) is 0.453. The molecule has 154 valence electrons. The molecule has 0 unspecified atom stereocenters. The Morgan fingerprint density at radius 1 is 1.06 bits per heavy atom. The van der Waals surface area contributed by atoms with Gasteiger partial charge < -0.3 is 9.47 Å². The van der Waals surface area contributed by atoms with E-state index in [1.807, 2.05) is 30.3 Å². The van der Waals surface area contributed by atoms with Crippen molar-refractivity contribution in [1.29, 1.82) is 0 Å². The van der Waals surface area contributed by atoms with Gasteiger partial charge in [-0.3, -0.25) is 10.1 Å². The summed E-state index contributed by atoms with van der Waals surface area (Å²) in [4.78, 5) is 26.8. The molecule has 0 atom stereocenters. The second kappa shape index (κ2) is 8.81. The number of nitro benzene ring substituents is 1. The van der Waals surface area contributed by atoms with Crippen LogP contribution in [-0.4, -0.2) is 16.8 Å². The van der Waals surface area contributed by atoms with E-state index < -0.39 is 10.9 Å². The number of halogens is 1. The van der Waals surface area contributed by atoms with Crippen molar-refractivity contribution in [2.24, 2.45) is 4.99 Å². The number of nitro groups is 1.